The molecule has 0 radical (unpaired) electrons. The molecule has 122 valence electrons. The first-order valence-corrected chi connectivity index (χ1v) is 7.41. The third kappa shape index (κ3) is 4.98. The number of hydrogen-bond acceptors (Lipinski definition) is 2. The van der Waals surface area contributed by atoms with E-state index in [1.165, 1.54) is 12.1 Å². The number of halogens is 1. The van der Waals surface area contributed by atoms with Crippen molar-refractivity contribution in [1.82, 2.24) is 10.2 Å². The van der Waals surface area contributed by atoms with E-state index in [9.17, 15) is 4.39 Å². The topological polar surface area (TPSA) is 36.9 Å². The third-order valence-electron chi connectivity index (χ3n) is 3.52. The predicted molar refractivity (Wildman–Crippen MR) is 91.1 cm³/mol. The van der Waals surface area contributed by atoms with Crippen LogP contribution in [0.5, 0.6) is 5.75 Å². The molecule has 0 heterocycles. The standard InChI is InChI=1S/C18H22FN3O/c1-20-18(21-12-14-4-8-16(19)9-5-14)22(2)13-15-6-10-17(23-3)11-7-15/h4-11H,12-13H2,1-3H3,(H,20,21). The molecule has 0 atom stereocenters. The molecular weight excluding hydrogens is 293 g/mol. The second-order valence-corrected chi connectivity index (χ2v) is 5.23. The summed E-state index contributed by atoms with van der Waals surface area (Å²) >= 11 is 0. The highest BCUT2D eigenvalue weighted by atomic mass is 19.1. The molecule has 0 spiro atoms. The Labute approximate surface area is 136 Å². The molecule has 0 saturated heterocycles. The van der Waals surface area contributed by atoms with E-state index in [2.05, 4.69) is 10.3 Å². The highest BCUT2D eigenvalue weighted by molar-refractivity contribution is 5.79. The summed E-state index contributed by atoms with van der Waals surface area (Å²) in [6, 6.07) is 14.4. The van der Waals surface area contributed by atoms with Crippen LogP contribution in [0.15, 0.2) is 53.5 Å². The summed E-state index contributed by atoms with van der Waals surface area (Å²) in [6.07, 6.45) is 0. The van der Waals surface area contributed by atoms with Gasteiger partial charge in [-0.05, 0) is 35.4 Å². The smallest absolute Gasteiger partial charge is 0.193 e. The van der Waals surface area contributed by atoms with Gasteiger partial charge < -0.3 is 15.0 Å². The molecule has 2 rings (SSSR count). The maximum absolute atomic E-state index is 12.9. The number of methoxy groups -OCH3 is 1. The van der Waals surface area contributed by atoms with Gasteiger partial charge in [-0.3, -0.25) is 4.99 Å². The Morgan fingerprint density at radius 1 is 1.09 bits per heavy atom. The number of nitrogens with one attached hydrogen (secondary N) is 1. The Bertz CT molecular complexity index is 638. The number of aliphatic imine (C=N–C) groups is 1. The largest absolute Gasteiger partial charge is 0.497 e. The van der Waals surface area contributed by atoms with E-state index in [0.29, 0.717) is 6.54 Å². The van der Waals surface area contributed by atoms with Crippen molar-refractivity contribution in [2.75, 3.05) is 21.2 Å². The number of benzene rings is 2. The lowest BCUT2D eigenvalue weighted by Crippen LogP contribution is -2.38. The van der Waals surface area contributed by atoms with Gasteiger partial charge in [0.15, 0.2) is 5.96 Å². The number of ether oxygens (including phenoxy) is 1. The van der Waals surface area contributed by atoms with E-state index in [1.54, 1.807) is 26.3 Å². The Balaban J connectivity index is 1.92. The van der Waals surface area contributed by atoms with Gasteiger partial charge in [0.05, 0.1) is 7.11 Å². The van der Waals surface area contributed by atoms with Crippen molar-refractivity contribution in [1.29, 1.82) is 0 Å². The van der Waals surface area contributed by atoms with Gasteiger partial charge in [0, 0.05) is 27.2 Å². The fraction of sp³-hybridized carbons (Fsp3) is 0.278. The Morgan fingerprint density at radius 2 is 1.70 bits per heavy atom. The summed E-state index contributed by atoms with van der Waals surface area (Å²) in [5.74, 6) is 1.40. The SMILES string of the molecule is CN=C(NCc1ccc(F)cc1)N(C)Cc1ccc(OC)cc1. The van der Waals surface area contributed by atoms with Crippen molar-refractivity contribution in [3.8, 4) is 5.75 Å². The summed E-state index contributed by atoms with van der Waals surface area (Å²) in [5.41, 5.74) is 2.17. The first-order chi connectivity index (χ1) is 11.1. The predicted octanol–water partition coefficient (Wildman–Crippen LogP) is 3.04. The number of hydrogen-bond donors (Lipinski definition) is 1. The van der Waals surface area contributed by atoms with Gasteiger partial charge in [-0.15, -0.1) is 0 Å². The van der Waals surface area contributed by atoms with Gasteiger partial charge in [-0.25, -0.2) is 4.39 Å². The molecular formula is C18H22FN3O. The molecule has 0 aromatic heterocycles. The molecule has 0 aliphatic carbocycles. The number of rotatable bonds is 5. The van der Waals surface area contributed by atoms with Gasteiger partial charge in [-0.1, -0.05) is 24.3 Å². The molecule has 0 aliphatic heterocycles. The molecule has 0 unspecified atom stereocenters. The highest BCUT2D eigenvalue weighted by Gasteiger charge is 2.07. The van der Waals surface area contributed by atoms with Crippen molar-refractivity contribution >= 4 is 5.96 Å². The quantitative estimate of drug-likeness (QED) is 0.680. The second-order valence-electron chi connectivity index (χ2n) is 5.23. The van der Waals surface area contributed by atoms with Crippen LogP contribution in [0.1, 0.15) is 11.1 Å². The Kier molecular flexibility index (Phi) is 5.97. The van der Waals surface area contributed by atoms with Gasteiger partial charge in [0.25, 0.3) is 0 Å². The molecule has 5 heteroatoms. The van der Waals surface area contributed by atoms with Crippen molar-refractivity contribution in [3.63, 3.8) is 0 Å². The number of nitrogens with zero attached hydrogens (tertiary/aromatic N) is 2. The monoisotopic (exact) mass is 315 g/mol. The fourth-order valence-electron chi connectivity index (χ4n) is 2.25. The lowest BCUT2D eigenvalue weighted by atomic mass is 10.2. The second kappa shape index (κ2) is 8.17. The van der Waals surface area contributed by atoms with Gasteiger partial charge in [0.1, 0.15) is 11.6 Å². The normalized spacial score (nSPS) is 11.2. The van der Waals surface area contributed by atoms with Crippen LogP contribution >= 0.6 is 0 Å². The molecule has 0 fully saturated rings. The summed E-state index contributed by atoms with van der Waals surface area (Å²) in [4.78, 5) is 6.32. The molecule has 0 amide bonds. The first-order valence-electron chi connectivity index (χ1n) is 7.41. The van der Waals surface area contributed by atoms with E-state index in [1.807, 2.05) is 36.2 Å². The van der Waals surface area contributed by atoms with E-state index in [4.69, 9.17) is 4.74 Å². The molecule has 2 aromatic rings. The molecule has 2 aromatic carbocycles. The molecule has 4 nitrogen and oxygen atoms in total. The average molecular weight is 315 g/mol. The minimum Gasteiger partial charge on any atom is -0.497 e. The van der Waals surface area contributed by atoms with E-state index in [0.717, 1.165) is 29.4 Å². The average Bonchev–Trinajstić information content (AvgIpc) is 2.58. The lowest BCUT2D eigenvalue weighted by molar-refractivity contribution is 0.414. The molecule has 0 bridgehead atoms. The summed E-state index contributed by atoms with van der Waals surface area (Å²) < 4.78 is 18.1. The van der Waals surface area contributed by atoms with Crippen LogP contribution in [-0.4, -0.2) is 32.1 Å². The zero-order chi connectivity index (χ0) is 16.7. The van der Waals surface area contributed by atoms with E-state index >= 15 is 0 Å². The maximum Gasteiger partial charge on any atom is 0.193 e. The van der Waals surface area contributed by atoms with Crippen LogP contribution in [0.4, 0.5) is 4.39 Å². The van der Waals surface area contributed by atoms with Crippen LogP contribution < -0.4 is 10.1 Å². The third-order valence-corrected chi connectivity index (χ3v) is 3.52. The maximum atomic E-state index is 12.9. The van der Waals surface area contributed by atoms with Crippen molar-refractivity contribution < 1.29 is 9.13 Å². The van der Waals surface area contributed by atoms with Gasteiger partial charge >= 0.3 is 0 Å². The van der Waals surface area contributed by atoms with Crippen LogP contribution in [0, 0.1) is 5.82 Å². The zero-order valence-corrected chi connectivity index (χ0v) is 13.7. The lowest BCUT2D eigenvalue weighted by Gasteiger charge is -2.22. The van der Waals surface area contributed by atoms with Crippen LogP contribution in [-0.2, 0) is 13.1 Å². The molecule has 1 N–H and O–H groups in total. The Morgan fingerprint density at radius 3 is 2.26 bits per heavy atom. The van der Waals surface area contributed by atoms with Crippen molar-refractivity contribution in [2.24, 2.45) is 4.99 Å². The van der Waals surface area contributed by atoms with Gasteiger partial charge in [0.2, 0.25) is 0 Å². The first kappa shape index (κ1) is 16.8. The van der Waals surface area contributed by atoms with Crippen LogP contribution in [0.25, 0.3) is 0 Å². The number of guanidine groups is 1. The minimum atomic E-state index is -0.227. The van der Waals surface area contributed by atoms with E-state index in [-0.39, 0.29) is 5.82 Å². The fourth-order valence-corrected chi connectivity index (χ4v) is 2.25. The summed E-state index contributed by atoms with van der Waals surface area (Å²) in [6.45, 7) is 1.33. The highest BCUT2D eigenvalue weighted by Crippen LogP contribution is 2.12. The Hall–Kier alpha value is -2.56. The van der Waals surface area contributed by atoms with E-state index < -0.39 is 0 Å². The zero-order valence-electron chi connectivity index (χ0n) is 13.7. The van der Waals surface area contributed by atoms with Crippen LogP contribution in [0.3, 0.4) is 0 Å². The summed E-state index contributed by atoms with van der Waals surface area (Å²) in [5, 5.41) is 3.28. The molecule has 0 aliphatic rings. The van der Waals surface area contributed by atoms with Gasteiger partial charge in [-0.2, -0.15) is 0 Å². The van der Waals surface area contributed by atoms with Crippen molar-refractivity contribution in [3.05, 3.63) is 65.5 Å². The summed E-state index contributed by atoms with van der Waals surface area (Å²) in [7, 11) is 5.38. The minimum absolute atomic E-state index is 0.227. The molecule has 23 heavy (non-hydrogen) atoms. The van der Waals surface area contributed by atoms with Crippen LogP contribution in [0.2, 0.25) is 0 Å². The molecule has 0 saturated carbocycles. The van der Waals surface area contributed by atoms with Crippen molar-refractivity contribution in [2.45, 2.75) is 13.1 Å².